The molecule has 0 bridgehead atoms. The van der Waals surface area contributed by atoms with Crippen molar-refractivity contribution in [3.05, 3.63) is 54.3 Å². The second-order valence-electron chi connectivity index (χ2n) is 5.52. The first kappa shape index (κ1) is 15.0. The number of rotatable bonds is 4. The molecule has 0 amide bonds. The summed E-state index contributed by atoms with van der Waals surface area (Å²) in [5, 5.41) is 8.23. The topological polar surface area (TPSA) is 113 Å². The maximum Gasteiger partial charge on any atom is 0.222 e. The van der Waals surface area contributed by atoms with Gasteiger partial charge in [-0.15, -0.1) is 5.10 Å². The van der Waals surface area contributed by atoms with E-state index < -0.39 is 6.04 Å². The Balaban J connectivity index is 1.83. The van der Waals surface area contributed by atoms with Crippen molar-refractivity contribution in [2.24, 2.45) is 0 Å². The number of nitrogen functional groups attached to an aromatic ring is 1. The van der Waals surface area contributed by atoms with Crippen LogP contribution in [0.4, 0.5) is 5.95 Å². The van der Waals surface area contributed by atoms with Crippen LogP contribution >= 0.6 is 0 Å². The largest absolute Gasteiger partial charge is 0.463 e. The lowest BCUT2D eigenvalue weighted by Gasteiger charge is -2.11. The molecule has 3 aromatic heterocycles. The summed E-state index contributed by atoms with van der Waals surface area (Å²) in [6, 6.07) is 11.9. The minimum absolute atomic E-state index is 0.0572. The lowest BCUT2D eigenvalue weighted by Crippen LogP contribution is -2.18. The van der Waals surface area contributed by atoms with Crippen molar-refractivity contribution in [3.63, 3.8) is 0 Å². The Morgan fingerprint density at radius 1 is 1.16 bits per heavy atom. The summed E-state index contributed by atoms with van der Waals surface area (Å²) in [5.41, 5.74) is 7.67. The van der Waals surface area contributed by atoms with Crippen LogP contribution < -0.4 is 5.73 Å². The third-order valence-electron chi connectivity index (χ3n) is 3.90. The Bertz CT molecular complexity index is 1040. The van der Waals surface area contributed by atoms with Crippen molar-refractivity contribution >= 4 is 22.9 Å². The van der Waals surface area contributed by atoms with Crippen molar-refractivity contribution in [2.75, 3.05) is 5.73 Å². The third-order valence-corrected chi connectivity index (χ3v) is 3.90. The molecule has 0 fully saturated rings. The normalized spacial score (nSPS) is 12.4. The second-order valence-corrected chi connectivity index (χ2v) is 5.52. The Hall–Kier alpha value is -3.55. The molecule has 8 heteroatoms. The predicted molar refractivity (Wildman–Crippen MR) is 90.7 cm³/mol. The quantitative estimate of drug-likeness (QED) is 0.570. The SMILES string of the molecule is CC(C(=O)c1ccccc1)n1nnc2c(-c3ccco3)nc(N)nc21. The lowest BCUT2D eigenvalue weighted by molar-refractivity contribution is 0.0929. The van der Waals surface area contributed by atoms with Crippen LogP contribution in [0.1, 0.15) is 23.3 Å². The molecule has 0 spiro atoms. The molecule has 1 unspecified atom stereocenters. The molecule has 25 heavy (non-hydrogen) atoms. The van der Waals surface area contributed by atoms with E-state index in [0.29, 0.717) is 28.2 Å². The van der Waals surface area contributed by atoms with E-state index >= 15 is 0 Å². The summed E-state index contributed by atoms with van der Waals surface area (Å²) in [6.07, 6.45) is 1.53. The van der Waals surface area contributed by atoms with Gasteiger partial charge >= 0.3 is 0 Å². The molecule has 124 valence electrons. The van der Waals surface area contributed by atoms with E-state index in [1.807, 2.05) is 18.2 Å². The number of Topliss-reactive ketones (excluding diaryl/α,β-unsaturated/α-hetero) is 1. The third kappa shape index (κ3) is 2.53. The van der Waals surface area contributed by atoms with Gasteiger partial charge in [0.2, 0.25) is 5.95 Å². The van der Waals surface area contributed by atoms with E-state index in [9.17, 15) is 4.79 Å². The number of nitrogens with zero attached hydrogens (tertiary/aromatic N) is 5. The van der Waals surface area contributed by atoms with E-state index in [1.165, 1.54) is 10.9 Å². The molecule has 8 nitrogen and oxygen atoms in total. The van der Waals surface area contributed by atoms with Crippen LogP contribution in [0.15, 0.2) is 53.1 Å². The standard InChI is InChI=1S/C17H14N6O2/c1-10(15(24)11-6-3-2-4-7-11)23-16-14(21-22-23)13(19-17(18)20-16)12-8-5-9-25-12/h2-10H,1H3,(H2,18,19,20). The van der Waals surface area contributed by atoms with Crippen molar-refractivity contribution in [3.8, 4) is 11.5 Å². The van der Waals surface area contributed by atoms with Gasteiger partial charge in [0.1, 0.15) is 11.7 Å². The molecule has 0 aliphatic rings. The van der Waals surface area contributed by atoms with E-state index in [-0.39, 0.29) is 11.7 Å². The van der Waals surface area contributed by atoms with Gasteiger partial charge in [-0.1, -0.05) is 35.5 Å². The summed E-state index contributed by atoms with van der Waals surface area (Å²) >= 11 is 0. The van der Waals surface area contributed by atoms with Gasteiger partial charge in [0.15, 0.2) is 22.7 Å². The van der Waals surface area contributed by atoms with Gasteiger partial charge < -0.3 is 10.2 Å². The number of carbonyl (C=O) groups is 1. The molecule has 4 aromatic rings. The molecule has 1 aromatic carbocycles. The molecular formula is C17H14N6O2. The van der Waals surface area contributed by atoms with Crippen molar-refractivity contribution in [1.29, 1.82) is 0 Å². The van der Waals surface area contributed by atoms with Crippen LogP contribution in [0.5, 0.6) is 0 Å². The number of carbonyl (C=O) groups excluding carboxylic acids is 1. The van der Waals surface area contributed by atoms with Gasteiger partial charge in [-0.2, -0.15) is 4.98 Å². The maximum atomic E-state index is 12.7. The summed E-state index contributed by atoms with van der Waals surface area (Å²) in [5.74, 6) is 0.471. The monoisotopic (exact) mass is 334 g/mol. The fourth-order valence-electron chi connectivity index (χ4n) is 2.65. The minimum atomic E-state index is -0.592. The van der Waals surface area contributed by atoms with Crippen LogP contribution in [0.25, 0.3) is 22.6 Å². The highest BCUT2D eigenvalue weighted by atomic mass is 16.3. The fraction of sp³-hybridized carbons (Fsp3) is 0.118. The minimum Gasteiger partial charge on any atom is -0.463 e. The molecule has 3 heterocycles. The molecule has 4 rings (SSSR count). The zero-order chi connectivity index (χ0) is 17.4. The van der Waals surface area contributed by atoms with Crippen LogP contribution in [0.3, 0.4) is 0 Å². The highest BCUT2D eigenvalue weighted by molar-refractivity contribution is 5.99. The summed E-state index contributed by atoms with van der Waals surface area (Å²) in [6.45, 7) is 1.74. The van der Waals surface area contributed by atoms with E-state index in [1.54, 1.807) is 31.2 Å². The summed E-state index contributed by atoms with van der Waals surface area (Å²) in [7, 11) is 0. The molecule has 2 N–H and O–H groups in total. The van der Waals surface area contributed by atoms with Crippen LogP contribution in [-0.2, 0) is 0 Å². The smallest absolute Gasteiger partial charge is 0.222 e. The molecule has 0 aliphatic carbocycles. The zero-order valence-electron chi connectivity index (χ0n) is 13.3. The van der Waals surface area contributed by atoms with Gasteiger partial charge in [-0.25, -0.2) is 9.67 Å². The van der Waals surface area contributed by atoms with E-state index in [4.69, 9.17) is 10.2 Å². The number of aromatic nitrogens is 5. The fourth-order valence-corrected chi connectivity index (χ4v) is 2.65. The van der Waals surface area contributed by atoms with Gasteiger partial charge in [0.05, 0.1) is 6.26 Å². The number of anilines is 1. The van der Waals surface area contributed by atoms with Crippen LogP contribution in [-0.4, -0.2) is 30.7 Å². The number of benzene rings is 1. The van der Waals surface area contributed by atoms with Gasteiger partial charge in [0, 0.05) is 5.56 Å². The number of furan rings is 1. The van der Waals surface area contributed by atoms with Crippen LogP contribution in [0, 0.1) is 0 Å². The highest BCUT2D eigenvalue weighted by Crippen LogP contribution is 2.27. The van der Waals surface area contributed by atoms with Crippen molar-refractivity contribution in [2.45, 2.75) is 13.0 Å². The first-order valence-corrected chi connectivity index (χ1v) is 7.66. The molecule has 0 radical (unpaired) electrons. The first-order valence-electron chi connectivity index (χ1n) is 7.66. The first-order chi connectivity index (χ1) is 12.1. The van der Waals surface area contributed by atoms with Crippen LogP contribution in [0.2, 0.25) is 0 Å². The van der Waals surface area contributed by atoms with Crippen molar-refractivity contribution in [1.82, 2.24) is 25.0 Å². The van der Waals surface area contributed by atoms with E-state index in [0.717, 1.165) is 0 Å². The Morgan fingerprint density at radius 3 is 2.68 bits per heavy atom. The van der Waals surface area contributed by atoms with Gasteiger partial charge in [0.25, 0.3) is 0 Å². The highest BCUT2D eigenvalue weighted by Gasteiger charge is 2.24. The summed E-state index contributed by atoms with van der Waals surface area (Å²) in [4.78, 5) is 21.1. The number of ketones is 1. The predicted octanol–water partition coefficient (Wildman–Crippen LogP) is 2.51. The number of nitrogens with two attached hydrogens (primary N) is 1. The lowest BCUT2D eigenvalue weighted by atomic mass is 10.1. The van der Waals surface area contributed by atoms with E-state index in [2.05, 4.69) is 20.3 Å². The van der Waals surface area contributed by atoms with Gasteiger partial charge in [-0.05, 0) is 19.1 Å². The second kappa shape index (κ2) is 5.82. The summed E-state index contributed by atoms with van der Waals surface area (Å²) < 4.78 is 6.83. The Labute approximate surface area is 142 Å². The van der Waals surface area contributed by atoms with Crippen molar-refractivity contribution < 1.29 is 9.21 Å². The molecular weight excluding hydrogens is 320 g/mol. The molecule has 0 aliphatic heterocycles. The maximum absolute atomic E-state index is 12.7. The Morgan fingerprint density at radius 2 is 1.96 bits per heavy atom. The zero-order valence-corrected chi connectivity index (χ0v) is 13.3. The average molecular weight is 334 g/mol. The molecule has 0 saturated carbocycles. The Kier molecular flexibility index (Phi) is 3.50. The van der Waals surface area contributed by atoms with Gasteiger partial charge in [-0.3, -0.25) is 4.79 Å². The molecule has 1 atom stereocenters. The molecule has 0 saturated heterocycles. The number of hydrogen-bond acceptors (Lipinski definition) is 7. The average Bonchev–Trinajstić information content (AvgIpc) is 3.30. The number of fused-ring (bicyclic) bond motifs is 1. The number of hydrogen-bond donors (Lipinski definition) is 1.